The van der Waals surface area contributed by atoms with Gasteiger partial charge in [0.1, 0.15) is 36.0 Å². The third-order valence-corrected chi connectivity index (χ3v) is 5.72. The lowest BCUT2D eigenvalue weighted by Gasteiger charge is -2.14. The third kappa shape index (κ3) is 4.88. The molecule has 0 aliphatic heterocycles. The first-order valence-electron chi connectivity index (χ1n) is 11.3. The molecule has 0 amide bonds. The van der Waals surface area contributed by atoms with Crippen molar-refractivity contribution in [3.8, 4) is 23.4 Å². The summed E-state index contributed by atoms with van der Waals surface area (Å²) in [7, 11) is 1.52. The zero-order chi connectivity index (χ0) is 25.8. The molecule has 0 saturated carbocycles. The minimum atomic E-state index is -0.685. The standard InChI is InChI=1S/C29H20F2N4O2/c1-36-26-8-4-5-20(29(26)37-18-21-10-12-22(30)15-23(21)31)11-14-28-34-24-6-2-3-7-25(24)35(28)27-13-9-19(16-32)17-33-27/h2-15,17H,18H2,1H3. The Hall–Kier alpha value is -5.03. The Balaban J connectivity index is 1.53. The molecular formula is C29H20F2N4O2. The van der Waals surface area contributed by atoms with Gasteiger partial charge in [-0.3, -0.25) is 4.57 Å². The molecule has 2 aromatic heterocycles. The number of rotatable bonds is 7. The van der Waals surface area contributed by atoms with Crippen molar-refractivity contribution < 1.29 is 18.3 Å². The van der Waals surface area contributed by atoms with Crippen LogP contribution >= 0.6 is 0 Å². The Morgan fingerprint density at radius 3 is 2.62 bits per heavy atom. The van der Waals surface area contributed by atoms with Crippen molar-refractivity contribution in [1.82, 2.24) is 14.5 Å². The molecule has 37 heavy (non-hydrogen) atoms. The van der Waals surface area contributed by atoms with Gasteiger partial charge in [-0.25, -0.2) is 18.7 Å². The molecule has 0 saturated heterocycles. The fourth-order valence-corrected chi connectivity index (χ4v) is 3.91. The maximum atomic E-state index is 14.2. The Bertz CT molecular complexity index is 1650. The van der Waals surface area contributed by atoms with Crippen LogP contribution < -0.4 is 9.47 Å². The number of ether oxygens (including phenoxy) is 2. The van der Waals surface area contributed by atoms with Gasteiger partial charge in [-0.05, 0) is 54.6 Å². The maximum absolute atomic E-state index is 14.2. The smallest absolute Gasteiger partial charge is 0.168 e. The maximum Gasteiger partial charge on any atom is 0.168 e. The highest BCUT2D eigenvalue weighted by molar-refractivity contribution is 5.82. The number of methoxy groups -OCH3 is 1. The van der Waals surface area contributed by atoms with Crippen molar-refractivity contribution in [3.63, 3.8) is 0 Å². The Morgan fingerprint density at radius 1 is 1.00 bits per heavy atom. The highest BCUT2D eigenvalue weighted by atomic mass is 19.1. The van der Waals surface area contributed by atoms with Gasteiger partial charge >= 0.3 is 0 Å². The second-order valence-corrected chi connectivity index (χ2v) is 8.05. The minimum absolute atomic E-state index is 0.110. The predicted octanol–water partition coefficient (Wildman–Crippen LogP) is 6.33. The average molecular weight is 495 g/mol. The zero-order valence-corrected chi connectivity index (χ0v) is 19.7. The van der Waals surface area contributed by atoms with Gasteiger partial charge in [-0.1, -0.05) is 24.3 Å². The first-order valence-corrected chi connectivity index (χ1v) is 11.3. The van der Waals surface area contributed by atoms with E-state index in [0.717, 1.165) is 17.1 Å². The van der Waals surface area contributed by atoms with Gasteiger partial charge in [0.2, 0.25) is 0 Å². The number of halogens is 2. The fourth-order valence-electron chi connectivity index (χ4n) is 3.91. The van der Waals surface area contributed by atoms with Crippen LogP contribution in [-0.4, -0.2) is 21.6 Å². The molecule has 2 heterocycles. The first-order chi connectivity index (χ1) is 18.1. The minimum Gasteiger partial charge on any atom is -0.493 e. The molecule has 0 fully saturated rings. The van der Waals surface area contributed by atoms with Crippen molar-refractivity contribution in [2.45, 2.75) is 6.61 Å². The van der Waals surface area contributed by atoms with Gasteiger partial charge < -0.3 is 9.47 Å². The predicted molar refractivity (Wildman–Crippen MR) is 136 cm³/mol. The fraction of sp³-hybridized carbons (Fsp3) is 0.0690. The average Bonchev–Trinajstić information content (AvgIpc) is 3.30. The second kappa shape index (κ2) is 10.3. The molecule has 5 rings (SSSR count). The van der Waals surface area contributed by atoms with Crippen LogP contribution in [0.2, 0.25) is 0 Å². The van der Waals surface area contributed by atoms with Crippen LogP contribution in [0.5, 0.6) is 11.5 Å². The van der Waals surface area contributed by atoms with E-state index in [2.05, 4.69) is 11.1 Å². The molecule has 0 radical (unpaired) electrons. The largest absolute Gasteiger partial charge is 0.493 e. The number of hydrogen-bond donors (Lipinski definition) is 0. The normalized spacial score (nSPS) is 11.1. The molecule has 0 bridgehead atoms. The van der Waals surface area contributed by atoms with Gasteiger partial charge in [0.25, 0.3) is 0 Å². The summed E-state index contributed by atoms with van der Waals surface area (Å²) in [6.45, 7) is -0.110. The summed E-state index contributed by atoms with van der Waals surface area (Å²) in [4.78, 5) is 9.19. The van der Waals surface area contributed by atoms with Crippen LogP contribution in [0.3, 0.4) is 0 Å². The molecule has 0 atom stereocenters. The highest BCUT2D eigenvalue weighted by Gasteiger charge is 2.14. The van der Waals surface area contributed by atoms with E-state index in [-0.39, 0.29) is 12.2 Å². The van der Waals surface area contributed by atoms with Crippen LogP contribution in [0.25, 0.3) is 29.0 Å². The van der Waals surface area contributed by atoms with Crippen LogP contribution in [-0.2, 0) is 6.61 Å². The number of fused-ring (bicyclic) bond motifs is 1. The van der Waals surface area contributed by atoms with E-state index in [4.69, 9.17) is 19.7 Å². The van der Waals surface area contributed by atoms with E-state index >= 15 is 0 Å². The molecule has 0 spiro atoms. The summed E-state index contributed by atoms with van der Waals surface area (Å²) in [5.74, 6) is 0.756. The van der Waals surface area contributed by atoms with Crippen molar-refractivity contribution >= 4 is 23.2 Å². The number of nitrogens with zero attached hydrogens (tertiary/aromatic N) is 4. The van der Waals surface area contributed by atoms with Gasteiger partial charge in [-0.2, -0.15) is 5.26 Å². The summed E-state index contributed by atoms with van der Waals surface area (Å²) < 4.78 is 40.8. The molecular weight excluding hydrogens is 474 g/mol. The van der Waals surface area contributed by atoms with Crippen LogP contribution in [0, 0.1) is 23.0 Å². The van der Waals surface area contributed by atoms with Gasteiger partial charge in [0, 0.05) is 23.4 Å². The third-order valence-electron chi connectivity index (χ3n) is 5.72. The number of hydrogen-bond acceptors (Lipinski definition) is 5. The molecule has 0 unspecified atom stereocenters. The van der Waals surface area contributed by atoms with E-state index in [0.29, 0.717) is 34.3 Å². The lowest BCUT2D eigenvalue weighted by Crippen LogP contribution is -2.02. The van der Waals surface area contributed by atoms with Crippen LogP contribution in [0.15, 0.2) is 79.0 Å². The van der Waals surface area contributed by atoms with E-state index in [1.165, 1.54) is 25.4 Å². The van der Waals surface area contributed by atoms with Gasteiger partial charge in [0.15, 0.2) is 11.5 Å². The number of benzene rings is 3. The summed E-state index contributed by atoms with van der Waals surface area (Å²) in [6, 6.07) is 22.0. The number of pyridine rings is 1. The Morgan fingerprint density at radius 2 is 1.86 bits per heavy atom. The highest BCUT2D eigenvalue weighted by Crippen LogP contribution is 2.33. The Labute approximate surface area is 211 Å². The van der Waals surface area contributed by atoms with Gasteiger partial charge in [0.05, 0.1) is 23.7 Å². The SMILES string of the molecule is COc1cccc(C=Cc2nc3ccccc3n2-c2ccc(C#N)cn2)c1OCc1ccc(F)cc1F. The summed E-state index contributed by atoms with van der Waals surface area (Å²) >= 11 is 0. The van der Waals surface area contributed by atoms with Crippen molar-refractivity contribution in [3.05, 3.63) is 113 Å². The second-order valence-electron chi connectivity index (χ2n) is 8.05. The molecule has 0 aliphatic carbocycles. The number of para-hydroxylation sites is 3. The molecule has 6 nitrogen and oxygen atoms in total. The summed E-state index contributed by atoms with van der Waals surface area (Å²) in [5.41, 5.74) is 2.99. The molecule has 8 heteroatoms. The van der Waals surface area contributed by atoms with Crippen molar-refractivity contribution in [2.24, 2.45) is 0 Å². The van der Waals surface area contributed by atoms with E-state index in [9.17, 15) is 8.78 Å². The molecule has 0 N–H and O–H groups in total. The molecule has 182 valence electrons. The summed E-state index contributed by atoms with van der Waals surface area (Å²) in [5, 5.41) is 9.13. The van der Waals surface area contributed by atoms with E-state index < -0.39 is 11.6 Å². The lowest BCUT2D eigenvalue weighted by atomic mass is 10.1. The molecule has 0 aliphatic rings. The van der Waals surface area contributed by atoms with Crippen LogP contribution in [0.4, 0.5) is 8.78 Å². The topological polar surface area (TPSA) is 73.0 Å². The zero-order valence-electron chi connectivity index (χ0n) is 19.7. The van der Waals surface area contributed by atoms with E-state index in [1.54, 1.807) is 18.2 Å². The quantitative estimate of drug-likeness (QED) is 0.264. The number of aromatic nitrogens is 3. The Kier molecular flexibility index (Phi) is 6.60. The molecule has 5 aromatic rings. The van der Waals surface area contributed by atoms with E-state index in [1.807, 2.05) is 53.1 Å². The van der Waals surface area contributed by atoms with Crippen LogP contribution in [0.1, 0.15) is 22.5 Å². The monoisotopic (exact) mass is 494 g/mol. The van der Waals surface area contributed by atoms with Crippen molar-refractivity contribution in [2.75, 3.05) is 7.11 Å². The molecule has 3 aromatic carbocycles. The number of imidazole rings is 1. The number of nitriles is 1. The van der Waals surface area contributed by atoms with Crippen molar-refractivity contribution in [1.29, 1.82) is 5.26 Å². The first kappa shape index (κ1) is 23.7. The van der Waals surface area contributed by atoms with Gasteiger partial charge in [-0.15, -0.1) is 0 Å². The lowest BCUT2D eigenvalue weighted by molar-refractivity contribution is 0.279. The summed E-state index contributed by atoms with van der Waals surface area (Å²) in [6.07, 6.45) is 5.15.